The Hall–Kier alpha value is -1.68. The molecule has 1 N–H and O–H groups in total. The van der Waals surface area contributed by atoms with Crippen LogP contribution in [0, 0.1) is 6.92 Å². The third-order valence-electron chi connectivity index (χ3n) is 4.59. The van der Waals surface area contributed by atoms with Gasteiger partial charge in [-0.2, -0.15) is 0 Å². The Morgan fingerprint density at radius 3 is 2.88 bits per heavy atom. The van der Waals surface area contributed by atoms with Gasteiger partial charge in [-0.1, -0.05) is 23.3 Å². The van der Waals surface area contributed by atoms with Crippen molar-refractivity contribution in [3.05, 3.63) is 51.2 Å². The number of H-pyrrole nitrogens is 1. The molecule has 0 radical (unpaired) electrons. The van der Waals surface area contributed by atoms with Crippen molar-refractivity contribution < 1.29 is 0 Å². The summed E-state index contributed by atoms with van der Waals surface area (Å²) in [4.78, 5) is 21.4. The summed E-state index contributed by atoms with van der Waals surface area (Å²) < 4.78 is 0. The number of piperidine rings is 1. The molecule has 1 aromatic rings. The molecule has 2 heterocycles. The Labute approximate surface area is 145 Å². The van der Waals surface area contributed by atoms with Crippen molar-refractivity contribution in [1.29, 1.82) is 0 Å². The first-order valence-electron chi connectivity index (χ1n) is 9.03. The molecule has 0 amide bonds. The molecule has 4 heteroatoms. The molecule has 132 valence electrons. The van der Waals surface area contributed by atoms with Gasteiger partial charge in [0.2, 0.25) is 0 Å². The second kappa shape index (κ2) is 8.97. The summed E-state index contributed by atoms with van der Waals surface area (Å²) >= 11 is 0. The average Bonchev–Trinajstić information content (AvgIpc) is 2.52. The predicted octanol–water partition coefficient (Wildman–Crippen LogP) is 3.95. The van der Waals surface area contributed by atoms with Gasteiger partial charge in [-0.05, 0) is 59.9 Å². The standard InChI is InChI=1S/C20H31N3O/c1-15(2)7-5-8-16(3)10-12-23-11-6-9-18(14-23)19-13-20(24)22-17(4)21-19/h7,10,13,18H,5-6,8-9,11-12,14H2,1-4H3,(H,21,22,24)/b16-10+. The van der Waals surface area contributed by atoms with E-state index in [0.717, 1.165) is 44.6 Å². The lowest BCUT2D eigenvalue weighted by Gasteiger charge is -2.31. The van der Waals surface area contributed by atoms with Gasteiger partial charge < -0.3 is 4.98 Å². The Bertz CT molecular complexity index is 653. The van der Waals surface area contributed by atoms with Crippen molar-refractivity contribution in [2.45, 2.75) is 59.3 Å². The van der Waals surface area contributed by atoms with E-state index in [0.29, 0.717) is 11.7 Å². The maximum atomic E-state index is 11.7. The topological polar surface area (TPSA) is 49.0 Å². The first kappa shape index (κ1) is 18.7. The highest BCUT2D eigenvalue weighted by Crippen LogP contribution is 2.25. The van der Waals surface area contributed by atoms with Gasteiger partial charge in [0.05, 0.1) is 5.69 Å². The van der Waals surface area contributed by atoms with Gasteiger partial charge in [-0.15, -0.1) is 0 Å². The van der Waals surface area contributed by atoms with E-state index < -0.39 is 0 Å². The molecule has 0 spiro atoms. The molecule has 1 atom stereocenters. The molecule has 1 aliphatic heterocycles. The number of aromatic amines is 1. The van der Waals surface area contributed by atoms with Crippen LogP contribution in [0.3, 0.4) is 0 Å². The van der Waals surface area contributed by atoms with Crippen LogP contribution >= 0.6 is 0 Å². The van der Waals surface area contributed by atoms with Crippen molar-refractivity contribution in [2.24, 2.45) is 0 Å². The first-order valence-corrected chi connectivity index (χ1v) is 9.03. The largest absolute Gasteiger partial charge is 0.311 e. The predicted molar refractivity (Wildman–Crippen MR) is 100 cm³/mol. The minimum atomic E-state index is -0.0374. The fraction of sp³-hybridized carbons (Fsp3) is 0.600. The maximum absolute atomic E-state index is 11.7. The third-order valence-corrected chi connectivity index (χ3v) is 4.59. The lowest BCUT2D eigenvalue weighted by atomic mass is 9.94. The summed E-state index contributed by atoms with van der Waals surface area (Å²) in [5, 5.41) is 0. The van der Waals surface area contributed by atoms with Gasteiger partial charge in [0.15, 0.2) is 0 Å². The summed E-state index contributed by atoms with van der Waals surface area (Å²) in [6.07, 6.45) is 9.21. The summed E-state index contributed by atoms with van der Waals surface area (Å²) in [5.41, 5.74) is 3.76. The summed E-state index contributed by atoms with van der Waals surface area (Å²) in [6, 6.07) is 1.67. The fourth-order valence-electron chi connectivity index (χ4n) is 3.25. The Morgan fingerprint density at radius 1 is 1.38 bits per heavy atom. The first-order chi connectivity index (χ1) is 11.4. The van der Waals surface area contributed by atoms with Crippen LogP contribution in [0.5, 0.6) is 0 Å². The summed E-state index contributed by atoms with van der Waals surface area (Å²) in [6.45, 7) is 11.5. The highest BCUT2D eigenvalue weighted by atomic mass is 16.1. The van der Waals surface area contributed by atoms with Crippen LogP contribution in [0.25, 0.3) is 0 Å². The molecule has 24 heavy (non-hydrogen) atoms. The molecule has 4 nitrogen and oxygen atoms in total. The number of nitrogens with one attached hydrogen (secondary N) is 1. The van der Waals surface area contributed by atoms with E-state index >= 15 is 0 Å². The van der Waals surface area contributed by atoms with Crippen molar-refractivity contribution in [3.63, 3.8) is 0 Å². The molecule has 2 rings (SSSR count). The second-order valence-corrected chi connectivity index (χ2v) is 7.23. The van der Waals surface area contributed by atoms with Crippen LogP contribution in [0.1, 0.15) is 63.9 Å². The minimum Gasteiger partial charge on any atom is -0.311 e. The summed E-state index contributed by atoms with van der Waals surface area (Å²) in [5.74, 6) is 1.09. The summed E-state index contributed by atoms with van der Waals surface area (Å²) in [7, 11) is 0. The van der Waals surface area contributed by atoms with E-state index in [2.05, 4.69) is 47.8 Å². The number of likely N-dealkylation sites (tertiary alicyclic amines) is 1. The van der Waals surface area contributed by atoms with E-state index in [9.17, 15) is 4.79 Å². The molecule has 1 unspecified atom stereocenters. The van der Waals surface area contributed by atoms with Gasteiger partial charge in [-0.25, -0.2) is 4.98 Å². The number of allylic oxidation sites excluding steroid dienone is 3. The van der Waals surface area contributed by atoms with Gasteiger partial charge >= 0.3 is 0 Å². The van der Waals surface area contributed by atoms with E-state index in [1.807, 2.05) is 6.92 Å². The van der Waals surface area contributed by atoms with Crippen molar-refractivity contribution in [3.8, 4) is 0 Å². The smallest absolute Gasteiger partial charge is 0.251 e. The van der Waals surface area contributed by atoms with Gasteiger partial charge in [0.1, 0.15) is 5.82 Å². The SMILES string of the molecule is CC(C)=CCC/C(C)=C/CN1CCCC(c2cc(=O)[nH]c(C)n2)C1. The molecule has 0 bridgehead atoms. The molecule has 0 aliphatic carbocycles. The molecular formula is C20H31N3O. The van der Waals surface area contributed by atoms with Crippen LogP contribution in [0.15, 0.2) is 34.2 Å². The molecular weight excluding hydrogens is 298 g/mol. The zero-order valence-corrected chi connectivity index (χ0v) is 15.6. The Balaban J connectivity index is 1.91. The highest BCUT2D eigenvalue weighted by molar-refractivity contribution is 5.11. The number of aryl methyl sites for hydroxylation is 1. The molecule has 1 aromatic heterocycles. The molecule has 0 saturated carbocycles. The van der Waals surface area contributed by atoms with Crippen LogP contribution in [0.4, 0.5) is 0 Å². The monoisotopic (exact) mass is 329 g/mol. The Morgan fingerprint density at radius 2 is 2.17 bits per heavy atom. The zero-order valence-electron chi connectivity index (χ0n) is 15.6. The number of nitrogens with zero attached hydrogens (tertiary/aromatic N) is 2. The van der Waals surface area contributed by atoms with Crippen LogP contribution in [0.2, 0.25) is 0 Å². The van der Waals surface area contributed by atoms with E-state index in [-0.39, 0.29) is 5.56 Å². The number of hydrogen-bond acceptors (Lipinski definition) is 3. The second-order valence-electron chi connectivity index (χ2n) is 7.23. The highest BCUT2D eigenvalue weighted by Gasteiger charge is 2.22. The number of aromatic nitrogens is 2. The average molecular weight is 329 g/mol. The number of hydrogen-bond donors (Lipinski definition) is 1. The van der Waals surface area contributed by atoms with Crippen LogP contribution < -0.4 is 5.56 Å². The van der Waals surface area contributed by atoms with Crippen LogP contribution in [-0.2, 0) is 0 Å². The minimum absolute atomic E-state index is 0.0374. The third kappa shape index (κ3) is 6.08. The normalized spacial score (nSPS) is 19.3. The molecule has 1 aliphatic rings. The lowest BCUT2D eigenvalue weighted by Crippen LogP contribution is -2.35. The van der Waals surface area contributed by atoms with Crippen molar-refractivity contribution >= 4 is 0 Å². The zero-order chi connectivity index (χ0) is 17.5. The van der Waals surface area contributed by atoms with Gasteiger partial charge in [-0.3, -0.25) is 9.69 Å². The van der Waals surface area contributed by atoms with Gasteiger partial charge in [0.25, 0.3) is 5.56 Å². The lowest BCUT2D eigenvalue weighted by molar-refractivity contribution is 0.225. The van der Waals surface area contributed by atoms with Crippen LogP contribution in [-0.4, -0.2) is 34.5 Å². The molecule has 1 saturated heterocycles. The quantitative estimate of drug-likeness (QED) is 0.804. The maximum Gasteiger partial charge on any atom is 0.251 e. The fourth-order valence-corrected chi connectivity index (χ4v) is 3.25. The van der Waals surface area contributed by atoms with E-state index in [1.165, 1.54) is 17.6 Å². The Kier molecular flexibility index (Phi) is 6.98. The molecule has 0 aromatic carbocycles. The van der Waals surface area contributed by atoms with Crippen molar-refractivity contribution in [1.82, 2.24) is 14.9 Å². The van der Waals surface area contributed by atoms with Gasteiger partial charge in [0, 0.05) is 25.1 Å². The molecule has 1 fully saturated rings. The van der Waals surface area contributed by atoms with Crippen molar-refractivity contribution in [2.75, 3.05) is 19.6 Å². The van der Waals surface area contributed by atoms with E-state index in [4.69, 9.17) is 0 Å². The number of rotatable bonds is 6. The van der Waals surface area contributed by atoms with E-state index in [1.54, 1.807) is 6.07 Å².